The lowest BCUT2D eigenvalue weighted by Crippen LogP contribution is -2.34. The Hall–Kier alpha value is -3.98. The maximum atomic E-state index is 13.0. The molecule has 0 bridgehead atoms. The lowest BCUT2D eigenvalue weighted by Gasteiger charge is -2.19. The number of hydrogen-bond donors (Lipinski definition) is 1. The van der Waals surface area contributed by atoms with E-state index in [1.54, 1.807) is 39.8 Å². The zero-order valence-electron chi connectivity index (χ0n) is 22.1. The van der Waals surface area contributed by atoms with Crippen LogP contribution in [0.15, 0.2) is 72.8 Å². The fourth-order valence-electron chi connectivity index (χ4n) is 3.72. The van der Waals surface area contributed by atoms with Crippen molar-refractivity contribution in [2.75, 3.05) is 6.61 Å². The van der Waals surface area contributed by atoms with Crippen LogP contribution in [0, 0.1) is 0 Å². The first-order valence-electron chi connectivity index (χ1n) is 12.3. The zero-order chi connectivity index (χ0) is 28.8. The fraction of sp³-hybridized carbons (Fsp3) is 0.300. The SMILES string of the molecule is CCOC(=O)C(=O)C(NCc1ccc(-c2ccc(C(=O)OC(C)(C)C)cc2)cc1)c1ccc(C(F)(F)F)cc1. The number of halogens is 3. The van der Waals surface area contributed by atoms with Crippen LogP contribution >= 0.6 is 0 Å². The second-order valence-electron chi connectivity index (χ2n) is 9.79. The van der Waals surface area contributed by atoms with E-state index in [0.717, 1.165) is 28.8 Å². The molecule has 3 aromatic rings. The van der Waals surface area contributed by atoms with E-state index in [0.29, 0.717) is 5.56 Å². The Morgan fingerprint density at radius 3 is 1.85 bits per heavy atom. The molecule has 6 nitrogen and oxygen atoms in total. The molecule has 0 aromatic heterocycles. The van der Waals surface area contributed by atoms with Crippen LogP contribution in [0.25, 0.3) is 11.1 Å². The summed E-state index contributed by atoms with van der Waals surface area (Å²) >= 11 is 0. The highest BCUT2D eigenvalue weighted by Gasteiger charge is 2.32. The van der Waals surface area contributed by atoms with Gasteiger partial charge in [0.15, 0.2) is 0 Å². The van der Waals surface area contributed by atoms with Crippen LogP contribution in [0.3, 0.4) is 0 Å². The molecule has 1 N–H and O–H groups in total. The van der Waals surface area contributed by atoms with Gasteiger partial charge in [-0.05, 0) is 74.2 Å². The third-order valence-corrected chi connectivity index (χ3v) is 5.63. The number of ketones is 1. The van der Waals surface area contributed by atoms with Gasteiger partial charge in [-0.25, -0.2) is 9.59 Å². The molecule has 0 fully saturated rings. The largest absolute Gasteiger partial charge is 0.460 e. The number of alkyl halides is 3. The molecule has 0 saturated heterocycles. The Balaban J connectivity index is 1.73. The smallest absolute Gasteiger partial charge is 0.416 e. The number of benzene rings is 3. The normalized spacial score (nSPS) is 12.5. The summed E-state index contributed by atoms with van der Waals surface area (Å²) in [7, 11) is 0. The van der Waals surface area contributed by atoms with Gasteiger partial charge in [-0.1, -0.05) is 48.5 Å². The summed E-state index contributed by atoms with van der Waals surface area (Å²) in [6.07, 6.45) is -4.52. The molecule has 1 atom stereocenters. The topological polar surface area (TPSA) is 81.7 Å². The van der Waals surface area contributed by atoms with Crippen LogP contribution in [0.5, 0.6) is 0 Å². The van der Waals surface area contributed by atoms with Crippen molar-refractivity contribution in [1.82, 2.24) is 5.32 Å². The van der Waals surface area contributed by atoms with Gasteiger partial charge in [-0.15, -0.1) is 0 Å². The molecule has 0 spiro atoms. The summed E-state index contributed by atoms with van der Waals surface area (Å²) in [5.41, 5.74) is 1.74. The maximum absolute atomic E-state index is 13.0. The Labute approximate surface area is 225 Å². The molecule has 206 valence electrons. The van der Waals surface area contributed by atoms with Crippen LogP contribution in [0.2, 0.25) is 0 Å². The third-order valence-electron chi connectivity index (χ3n) is 5.63. The average molecular weight is 542 g/mol. The summed E-state index contributed by atoms with van der Waals surface area (Å²) in [5.74, 6) is -2.38. The second-order valence-corrected chi connectivity index (χ2v) is 9.79. The molecule has 3 rings (SSSR count). The van der Waals surface area contributed by atoms with Crippen LogP contribution < -0.4 is 5.32 Å². The Bertz CT molecular complexity index is 1290. The fourth-order valence-corrected chi connectivity index (χ4v) is 3.72. The quantitative estimate of drug-likeness (QED) is 0.253. The van der Waals surface area contributed by atoms with E-state index in [9.17, 15) is 27.6 Å². The standard InChI is InChI=1S/C30H30F3NO5/c1-5-38-28(37)26(35)25(22-14-16-24(17-15-22)30(31,32)33)34-18-19-6-8-20(9-7-19)21-10-12-23(13-11-21)27(36)39-29(2,3)4/h6-17,25,34H,5,18H2,1-4H3. The highest BCUT2D eigenvalue weighted by molar-refractivity contribution is 6.35. The lowest BCUT2D eigenvalue weighted by atomic mass is 9.99. The van der Waals surface area contributed by atoms with E-state index in [1.165, 1.54) is 12.1 Å². The predicted molar refractivity (Wildman–Crippen MR) is 140 cm³/mol. The summed E-state index contributed by atoms with van der Waals surface area (Å²) < 4.78 is 49.1. The third kappa shape index (κ3) is 8.25. The zero-order valence-corrected chi connectivity index (χ0v) is 22.1. The number of rotatable bonds is 9. The minimum Gasteiger partial charge on any atom is -0.460 e. The molecule has 0 saturated carbocycles. The van der Waals surface area contributed by atoms with Crippen LogP contribution in [-0.4, -0.2) is 29.9 Å². The molecule has 0 aliphatic heterocycles. The van der Waals surface area contributed by atoms with Crippen molar-refractivity contribution in [3.63, 3.8) is 0 Å². The van der Waals surface area contributed by atoms with E-state index in [2.05, 4.69) is 5.32 Å². The number of carbonyl (C=O) groups excluding carboxylic acids is 3. The Morgan fingerprint density at radius 2 is 1.36 bits per heavy atom. The van der Waals surface area contributed by atoms with Crippen molar-refractivity contribution in [2.24, 2.45) is 0 Å². The molecular formula is C30H30F3NO5. The number of hydrogen-bond acceptors (Lipinski definition) is 6. The van der Waals surface area contributed by atoms with E-state index in [4.69, 9.17) is 9.47 Å². The van der Waals surface area contributed by atoms with E-state index in [1.807, 2.05) is 36.4 Å². The van der Waals surface area contributed by atoms with Gasteiger partial charge in [0.1, 0.15) is 11.6 Å². The van der Waals surface area contributed by atoms with Crippen molar-refractivity contribution in [3.8, 4) is 11.1 Å². The monoisotopic (exact) mass is 541 g/mol. The summed E-state index contributed by atoms with van der Waals surface area (Å²) in [6.45, 7) is 7.11. The molecule has 3 aromatic carbocycles. The number of carbonyl (C=O) groups is 3. The van der Waals surface area contributed by atoms with E-state index in [-0.39, 0.29) is 18.7 Å². The van der Waals surface area contributed by atoms with Gasteiger partial charge in [0, 0.05) is 6.54 Å². The minimum atomic E-state index is -4.52. The Morgan fingerprint density at radius 1 is 0.821 bits per heavy atom. The first-order valence-corrected chi connectivity index (χ1v) is 12.3. The molecule has 0 heterocycles. The van der Waals surface area contributed by atoms with Crippen LogP contribution in [0.1, 0.15) is 60.8 Å². The molecule has 9 heteroatoms. The van der Waals surface area contributed by atoms with Gasteiger partial charge >= 0.3 is 18.1 Å². The summed E-state index contributed by atoms with van der Waals surface area (Å²) in [5, 5.41) is 2.96. The minimum absolute atomic E-state index is 0.00940. The Kier molecular flexibility index (Phi) is 9.29. The highest BCUT2D eigenvalue weighted by Crippen LogP contribution is 2.30. The molecule has 1 unspecified atom stereocenters. The first-order chi connectivity index (χ1) is 18.3. The second kappa shape index (κ2) is 12.3. The van der Waals surface area contributed by atoms with E-state index < -0.39 is 41.1 Å². The van der Waals surface area contributed by atoms with Crippen molar-refractivity contribution >= 4 is 17.7 Å². The number of nitrogens with one attached hydrogen (secondary N) is 1. The molecule has 39 heavy (non-hydrogen) atoms. The molecule has 0 aliphatic rings. The predicted octanol–water partition coefficient (Wildman–Crippen LogP) is 6.29. The van der Waals surface area contributed by atoms with Gasteiger partial charge in [0.2, 0.25) is 0 Å². The number of ether oxygens (including phenoxy) is 2. The van der Waals surface area contributed by atoms with Crippen LogP contribution in [-0.2, 0) is 31.8 Å². The lowest BCUT2D eigenvalue weighted by molar-refractivity contribution is -0.154. The molecule has 0 aliphatic carbocycles. The number of esters is 2. The van der Waals surface area contributed by atoms with Gasteiger partial charge < -0.3 is 9.47 Å². The highest BCUT2D eigenvalue weighted by atomic mass is 19.4. The van der Waals surface area contributed by atoms with Crippen molar-refractivity contribution in [1.29, 1.82) is 0 Å². The van der Waals surface area contributed by atoms with Gasteiger partial charge in [-0.2, -0.15) is 13.2 Å². The maximum Gasteiger partial charge on any atom is 0.416 e. The van der Waals surface area contributed by atoms with Gasteiger partial charge in [-0.3, -0.25) is 10.1 Å². The van der Waals surface area contributed by atoms with Crippen LogP contribution in [0.4, 0.5) is 13.2 Å². The number of Topliss-reactive ketones (excluding diaryl/α,β-unsaturated/α-hetero) is 1. The van der Waals surface area contributed by atoms with Crippen molar-refractivity contribution in [3.05, 3.63) is 95.1 Å². The van der Waals surface area contributed by atoms with Crippen molar-refractivity contribution < 1.29 is 37.0 Å². The van der Waals surface area contributed by atoms with Gasteiger partial charge in [0.05, 0.1) is 17.7 Å². The first kappa shape index (κ1) is 29.6. The molecular weight excluding hydrogens is 511 g/mol. The molecule has 0 radical (unpaired) electrons. The van der Waals surface area contributed by atoms with Crippen molar-refractivity contribution in [2.45, 2.75) is 52.1 Å². The summed E-state index contributed by atoms with van der Waals surface area (Å²) in [6, 6.07) is 17.2. The van der Waals surface area contributed by atoms with Gasteiger partial charge in [0.25, 0.3) is 5.78 Å². The van der Waals surface area contributed by atoms with E-state index >= 15 is 0 Å². The summed E-state index contributed by atoms with van der Waals surface area (Å²) in [4.78, 5) is 37.1. The molecule has 0 amide bonds. The average Bonchev–Trinajstić information content (AvgIpc) is 2.88.